The quantitative estimate of drug-likeness (QED) is 0.678. The Kier molecular flexibility index (Phi) is 2.64. The summed E-state index contributed by atoms with van der Waals surface area (Å²) >= 11 is 0. The lowest BCUT2D eigenvalue weighted by Crippen LogP contribution is -2.20. The zero-order valence-corrected chi connectivity index (χ0v) is 8.31. The van der Waals surface area contributed by atoms with E-state index in [9.17, 15) is 4.79 Å². The van der Waals surface area contributed by atoms with Crippen LogP contribution in [0.5, 0.6) is 0 Å². The summed E-state index contributed by atoms with van der Waals surface area (Å²) in [5, 5.41) is 8.94. The number of anilines is 1. The molecule has 4 heteroatoms. The second-order valence-corrected chi connectivity index (χ2v) is 3.53. The maximum Gasteiger partial charge on any atom is 0.168 e. The highest BCUT2D eigenvalue weighted by molar-refractivity contribution is 5.74. The molecule has 15 heavy (non-hydrogen) atoms. The maximum atomic E-state index is 10.6. The lowest BCUT2D eigenvalue weighted by molar-refractivity contribution is 0.111. The van der Waals surface area contributed by atoms with Gasteiger partial charge in [-0.15, -0.1) is 0 Å². The van der Waals surface area contributed by atoms with Gasteiger partial charge >= 0.3 is 0 Å². The Morgan fingerprint density at radius 2 is 2.13 bits per heavy atom. The molecule has 1 fully saturated rings. The Morgan fingerprint density at radius 1 is 1.40 bits per heavy atom. The first-order chi connectivity index (χ1) is 7.35. The van der Waals surface area contributed by atoms with Crippen molar-refractivity contribution in [3.05, 3.63) is 23.4 Å². The number of aldehydes is 1. The number of aromatic nitrogens is 1. The minimum absolute atomic E-state index is 0.385. The zero-order chi connectivity index (χ0) is 10.7. The molecule has 0 saturated carbocycles. The van der Waals surface area contributed by atoms with E-state index in [-0.39, 0.29) is 0 Å². The molecule has 0 atom stereocenters. The van der Waals surface area contributed by atoms with Crippen LogP contribution in [0.3, 0.4) is 0 Å². The van der Waals surface area contributed by atoms with E-state index >= 15 is 0 Å². The Bertz CT molecular complexity index is 416. The van der Waals surface area contributed by atoms with Crippen LogP contribution in [0, 0.1) is 11.3 Å². The summed E-state index contributed by atoms with van der Waals surface area (Å²) in [6, 6.07) is 5.34. The highest BCUT2D eigenvalue weighted by Crippen LogP contribution is 2.21. The Morgan fingerprint density at radius 3 is 2.73 bits per heavy atom. The topological polar surface area (TPSA) is 57.0 Å². The predicted molar refractivity (Wildman–Crippen MR) is 55.8 cm³/mol. The number of pyridine rings is 1. The summed E-state index contributed by atoms with van der Waals surface area (Å²) in [6.07, 6.45) is 2.95. The van der Waals surface area contributed by atoms with Gasteiger partial charge in [0.1, 0.15) is 17.6 Å². The van der Waals surface area contributed by atoms with Crippen molar-refractivity contribution in [1.29, 1.82) is 5.26 Å². The lowest BCUT2D eigenvalue weighted by atomic mass is 10.2. The normalized spacial score (nSPS) is 15.0. The Hall–Kier alpha value is -1.89. The third kappa shape index (κ3) is 1.82. The van der Waals surface area contributed by atoms with Gasteiger partial charge in [-0.05, 0) is 25.0 Å². The molecule has 1 aromatic heterocycles. The first kappa shape index (κ1) is 9.66. The van der Waals surface area contributed by atoms with Crippen molar-refractivity contribution in [2.45, 2.75) is 12.8 Å². The van der Waals surface area contributed by atoms with E-state index in [1.54, 1.807) is 12.1 Å². The van der Waals surface area contributed by atoms with E-state index in [2.05, 4.69) is 16.0 Å². The monoisotopic (exact) mass is 201 g/mol. The highest BCUT2D eigenvalue weighted by atomic mass is 16.1. The van der Waals surface area contributed by atoms with Gasteiger partial charge < -0.3 is 4.90 Å². The fourth-order valence-electron chi connectivity index (χ4n) is 1.79. The first-order valence-corrected chi connectivity index (χ1v) is 4.96. The summed E-state index contributed by atoms with van der Waals surface area (Å²) in [4.78, 5) is 16.8. The van der Waals surface area contributed by atoms with Crippen LogP contribution in [-0.4, -0.2) is 24.4 Å². The Labute approximate surface area is 88.1 Å². The number of hydrogen-bond acceptors (Lipinski definition) is 4. The van der Waals surface area contributed by atoms with Crippen molar-refractivity contribution in [1.82, 2.24) is 4.98 Å². The maximum absolute atomic E-state index is 10.6. The summed E-state index contributed by atoms with van der Waals surface area (Å²) in [5.74, 6) is 0.652. The molecule has 0 radical (unpaired) electrons. The number of hydrogen-bond donors (Lipinski definition) is 0. The molecule has 0 amide bonds. The average Bonchev–Trinajstić information content (AvgIpc) is 2.81. The number of nitriles is 1. The molecular weight excluding hydrogens is 190 g/mol. The van der Waals surface area contributed by atoms with E-state index in [0.717, 1.165) is 25.9 Å². The van der Waals surface area contributed by atoms with Gasteiger partial charge in [0.2, 0.25) is 0 Å². The summed E-state index contributed by atoms with van der Waals surface area (Å²) in [6.45, 7) is 1.84. The summed E-state index contributed by atoms with van der Waals surface area (Å²) in [7, 11) is 0. The molecule has 0 unspecified atom stereocenters. The predicted octanol–water partition coefficient (Wildman–Crippen LogP) is 1.37. The third-order valence-corrected chi connectivity index (χ3v) is 2.54. The van der Waals surface area contributed by atoms with E-state index in [0.29, 0.717) is 23.4 Å². The second kappa shape index (κ2) is 4.09. The molecule has 1 aliphatic heterocycles. The number of nitrogens with zero attached hydrogens (tertiary/aromatic N) is 3. The summed E-state index contributed by atoms with van der Waals surface area (Å²) in [5.41, 5.74) is 0.929. The fourth-order valence-corrected chi connectivity index (χ4v) is 1.79. The van der Waals surface area contributed by atoms with Gasteiger partial charge in [-0.3, -0.25) is 4.79 Å². The van der Waals surface area contributed by atoms with Crippen LogP contribution in [0.25, 0.3) is 0 Å². The molecule has 0 aliphatic carbocycles. The van der Waals surface area contributed by atoms with Crippen molar-refractivity contribution in [2.24, 2.45) is 0 Å². The number of rotatable bonds is 2. The highest BCUT2D eigenvalue weighted by Gasteiger charge is 2.17. The number of carbonyl (C=O) groups is 1. The van der Waals surface area contributed by atoms with Crippen molar-refractivity contribution in [2.75, 3.05) is 18.0 Å². The minimum Gasteiger partial charge on any atom is -0.356 e. The van der Waals surface area contributed by atoms with Gasteiger partial charge in [0.05, 0.1) is 5.56 Å². The van der Waals surface area contributed by atoms with Crippen LogP contribution in [0.4, 0.5) is 5.82 Å². The van der Waals surface area contributed by atoms with Crippen molar-refractivity contribution < 1.29 is 4.79 Å². The van der Waals surface area contributed by atoms with E-state index in [4.69, 9.17) is 5.26 Å². The zero-order valence-electron chi connectivity index (χ0n) is 8.31. The van der Waals surface area contributed by atoms with Crippen LogP contribution in [0.15, 0.2) is 12.1 Å². The minimum atomic E-state index is 0.385. The molecule has 1 aromatic rings. The average molecular weight is 201 g/mol. The van der Waals surface area contributed by atoms with Gasteiger partial charge in [0.25, 0.3) is 0 Å². The van der Waals surface area contributed by atoms with Gasteiger partial charge in [0.15, 0.2) is 6.29 Å². The van der Waals surface area contributed by atoms with Crippen molar-refractivity contribution >= 4 is 12.1 Å². The first-order valence-electron chi connectivity index (χ1n) is 4.96. The van der Waals surface area contributed by atoms with Crippen molar-refractivity contribution in [3.8, 4) is 6.07 Å². The molecule has 0 N–H and O–H groups in total. The summed E-state index contributed by atoms with van der Waals surface area (Å²) < 4.78 is 0. The molecule has 1 saturated heterocycles. The van der Waals surface area contributed by atoms with E-state index < -0.39 is 0 Å². The second-order valence-electron chi connectivity index (χ2n) is 3.53. The molecule has 76 valence electrons. The Balaban J connectivity index is 2.41. The lowest BCUT2D eigenvalue weighted by Gasteiger charge is -2.17. The molecular formula is C11H11N3O. The molecule has 2 heterocycles. The molecule has 1 aliphatic rings. The van der Waals surface area contributed by atoms with E-state index in [1.165, 1.54) is 0 Å². The molecule has 0 spiro atoms. The largest absolute Gasteiger partial charge is 0.356 e. The van der Waals surface area contributed by atoms with Gasteiger partial charge in [-0.2, -0.15) is 5.26 Å². The SMILES string of the molecule is N#Cc1ccc(C=O)nc1N1CCCC1. The van der Waals surface area contributed by atoms with Crippen molar-refractivity contribution in [3.63, 3.8) is 0 Å². The molecule has 4 nitrogen and oxygen atoms in total. The van der Waals surface area contributed by atoms with Crippen LogP contribution in [-0.2, 0) is 0 Å². The smallest absolute Gasteiger partial charge is 0.168 e. The fraction of sp³-hybridized carbons (Fsp3) is 0.364. The van der Waals surface area contributed by atoms with Gasteiger partial charge in [-0.25, -0.2) is 4.98 Å². The van der Waals surface area contributed by atoms with Crippen LogP contribution in [0.2, 0.25) is 0 Å². The third-order valence-electron chi connectivity index (χ3n) is 2.54. The van der Waals surface area contributed by atoms with Crippen LogP contribution < -0.4 is 4.90 Å². The molecule has 2 rings (SSSR count). The van der Waals surface area contributed by atoms with Crippen LogP contribution >= 0.6 is 0 Å². The van der Waals surface area contributed by atoms with Crippen LogP contribution in [0.1, 0.15) is 28.9 Å². The van der Waals surface area contributed by atoms with Gasteiger partial charge in [0, 0.05) is 13.1 Å². The standard InChI is InChI=1S/C11H11N3O/c12-7-9-3-4-10(8-15)13-11(9)14-5-1-2-6-14/h3-4,8H,1-2,5-6H2. The number of carbonyl (C=O) groups excluding carboxylic acids is 1. The molecule has 0 aromatic carbocycles. The van der Waals surface area contributed by atoms with E-state index in [1.807, 2.05) is 0 Å². The van der Waals surface area contributed by atoms with Gasteiger partial charge in [-0.1, -0.05) is 0 Å². The molecule has 0 bridgehead atoms.